The van der Waals surface area contributed by atoms with Crippen LogP contribution in [0.15, 0.2) is 18.2 Å². The molecule has 0 atom stereocenters. The minimum atomic E-state index is -0.297. The summed E-state index contributed by atoms with van der Waals surface area (Å²) in [5, 5.41) is 0. The lowest BCUT2D eigenvalue weighted by atomic mass is 10.1. The molecule has 1 aromatic carbocycles. The first kappa shape index (κ1) is 17.3. The molecule has 0 fully saturated rings. The molecule has 1 rings (SSSR count). The van der Waals surface area contributed by atoms with E-state index in [1.54, 1.807) is 6.92 Å². The van der Waals surface area contributed by atoms with Crippen LogP contribution in [0, 0.1) is 0 Å². The van der Waals surface area contributed by atoms with Gasteiger partial charge in [-0.25, -0.2) is 0 Å². The predicted octanol–water partition coefficient (Wildman–Crippen LogP) is 3.76. The maximum Gasteiger partial charge on any atom is 0.310 e. The Bertz CT molecular complexity index is 466. The summed E-state index contributed by atoms with van der Waals surface area (Å²) in [6.07, 6.45) is 1.07. The summed E-state index contributed by atoms with van der Waals surface area (Å²) < 4.78 is 16.6. The van der Waals surface area contributed by atoms with Gasteiger partial charge in [0.1, 0.15) is 17.1 Å². The fraction of sp³-hybridized carbons (Fsp3) is 0.588. The largest absolute Gasteiger partial charge is 0.494 e. The fourth-order valence-electron chi connectivity index (χ4n) is 1.77. The van der Waals surface area contributed by atoms with Gasteiger partial charge in [0.15, 0.2) is 0 Å². The van der Waals surface area contributed by atoms with Crippen molar-refractivity contribution in [1.29, 1.82) is 0 Å². The van der Waals surface area contributed by atoms with Gasteiger partial charge in [-0.15, -0.1) is 0 Å². The molecule has 4 nitrogen and oxygen atoms in total. The monoisotopic (exact) mass is 294 g/mol. The molecule has 1 aromatic rings. The van der Waals surface area contributed by atoms with E-state index in [0.29, 0.717) is 19.0 Å². The lowest BCUT2D eigenvalue weighted by molar-refractivity contribution is -0.142. The topological polar surface area (TPSA) is 44.8 Å². The molecule has 0 spiro atoms. The number of rotatable bonds is 8. The third-order valence-corrected chi connectivity index (χ3v) is 3.23. The van der Waals surface area contributed by atoms with Crippen LogP contribution in [0.5, 0.6) is 11.5 Å². The van der Waals surface area contributed by atoms with Gasteiger partial charge in [-0.2, -0.15) is 0 Å². The molecule has 0 saturated heterocycles. The molecule has 0 radical (unpaired) electrons. The number of benzene rings is 1. The van der Waals surface area contributed by atoms with E-state index >= 15 is 0 Å². The second-order valence-electron chi connectivity index (χ2n) is 5.40. The van der Waals surface area contributed by atoms with Crippen molar-refractivity contribution in [2.45, 2.75) is 53.1 Å². The fourth-order valence-corrected chi connectivity index (χ4v) is 1.77. The number of hydrogen-bond donors (Lipinski definition) is 0. The predicted molar refractivity (Wildman–Crippen MR) is 82.9 cm³/mol. The van der Waals surface area contributed by atoms with E-state index in [2.05, 4.69) is 6.92 Å². The van der Waals surface area contributed by atoms with Gasteiger partial charge in [0.2, 0.25) is 0 Å². The highest BCUT2D eigenvalue weighted by Gasteiger charge is 2.20. The molecule has 0 unspecified atom stereocenters. The van der Waals surface area contributed by atoms with Gasteiger partial charge in [0.25, 0.3) is 0 Å². The quantitative estimate of drug-likeness (QED) is 0.685. The van der Waals surface area contributed by atoms with Gasteiger partial charge in [0, 0.05) is 11.6 Å². The third kappa shape index (κ3) is 5.66. The molecule has 0 heterocycles. The van der Waals surface area contributed by atoms with Crippen molar-refractivity contribution in [1.82, 2.24) is 0 Å². The summed E-state index contributed by atoms with van der Waals surface area (Å²) in [5.41, 5.74) is 0.521. The van der Waals surface area contributed by atoms with E-state index in [-0.39, 0.29) is 18.0 Å². The molecule has 0 amide bonds. The van der Waals surface area contributed by atoms with Crippen LogP contribution in [-0.4, -0.2) is 24.8 Å². The summed E-state index contributed by atoms with van der Waals surface area (Å²) >= 11 is 0. The summed E-state index contributed by atoms with van der Waals surface area (Å²) in [4.78, 5) is 11.7. The van der Waals surface area contributed by atoms with Crippen molar-refractivity contribution >= 4 is 5.97 Å². The van der Waals surface area contributed by atoms with Gasteiger partial charge >= 0.3 is 5.97 Å². The number of carbonyl (C=O) groups is 1. The van der Waals surface area contributed by atoms with Crippen molar-refractivity contribution < 1.29 is 19.0 Å². The Morgan fingerprint density at radius 3 is 2.43 bits per heavy atom. The molecular weight excluding hydrogens is 268 g/mol. The summed E-state index contributed by atoms with van der Waals surface area (Å²) in [5.74, 6) is 1.17. The molecule has 0 aliphatic carbocycles. The highest BCUT2D eigenvalue weighted by molar-refractivity contribution is 5.73. The number of ether oxygens (including phenoxy) is 3. The lowest BCUT2D eigenvalue weighted by Crippen LogP contribution is -2.27. The second-order valence-corrected chi connectivity index (χ2v) is 5.40. The summed E-state index contributed by atoms with van der Waals surface area (Å²) in [6, 6.07) is 5.56. The zero-order valence-electron chi connectivity index (χ0n) is 13.7. The third-order valence-electron chi connectivity index (χ3n) is 3.23. The Labute approximate surface area is 127 Å². The number of esters is 1. The molecule has 0 N–H and O–H groups in total. The van der Waals surface area contributed by atoms with E-state index in [4.69, 9.17) is 14.2 Å². The maximum absolute atomic E-state index is 11.7. The van der Waals surface area contributed by atoms with Crippen molar-refractivity contribution in [3.8, 4) is 11.5 Å². The van der Waals surface area contributed by atoms with Crippen LogP contribution in [0.1, 0.15) is 46.6 Å². The van der Waals surface area contributed by atoms with Crippen LogP contribution >= 0.6 is 0 Å². The minimum Gasteiger partial charge on any atom is -0.494 e. The van der Waals surface area contributed by atoms with E-state index in [9.17, 15) is 4.79 Å². The Kier molecular flexibility index (Phi) is 6.53. The molecule has 0 aliphatic heterocycles. The van der Waals surface area contributed by atoms with Crippen molar-refractivity contribution in [3.63, 3.8) is 0 Å². The molecule has 0 aliphatic rings. The molecule has 0 bridgehead atoms. The van der Waals surface area contributed by atoms with Crippen LogP contribution in [-0.2, 0) is 16.0 Å². The zero-order valence-corrected chi connectivity index (χ0v) is 13.7. The van der Waals surface area contributed by atoms with E-state index in [0.717, 1.165) is 17.7 Å². The highest BCUT2D eigenvalue weighted by atomic mass is 16.5. The summed E-state index contributed by atoms with van der Waals surface area (Å²) in [7, 11) is 0. The Morgan fingerprint density at radius 1 is 1.14 bits per heavy atom. The van der Waals surface area contributed by atoms with Crippen LogP contribution in [0.3, 0.4) is 0 Å². The van der Waals surface area contributed by atoms with Gasteiger partial charge in [-0.3, -0.25) is 4.79 Å². The van der Waals surface area contributed by atoms with Crippen molar-refractivity contribution in [2.24, 2.45) is 0 Å². The minimum absolute atomic E-state index is 0.204. The standard InChI is InChI=1S/C17H26O4/c1-6-17(4,5)21-15-12-14(19-7-2)10-9-13(15)11-16(18)20-8-3/h9-10,12H,6-8,11H2,1-5H3. The van der Waals surface area contributed by atoms with E-state index in [1.807, 2.05) is 39.0 Å². The van der Waals surface area contributed by atoms with Crippen LogP contribution in [0.2, 0.25) is 0 Å². The lowest BCUT2D eigenvalue weighted by Gasteiger charge is -2.26. The first-order valence-corrected chi connectivity index (χ1v) is 7.52. The second kappa shape index (κ2) is 7.91. The molecule has 118 valence electrons. The molecule has 21 heavy (non-hydrogen) atoms. The smallest absolute Gasteiger partial charge is 0.310 e. The van der Waals surface area contributed by atoms with Crippen LogP contribution in [0.25, 0.3) is 0 Å². The van der Waals surface area contributed by atoms with Crippen LogP contribution in [0.4, 0.5) is 0 Å². The summed E-state index contributed by atoms with van der Waals surface area (Å²) in [6.45, 7) is 10.8. The van der Waals surface area contributed by atoms with E-state index in [1.165, 1.54) is 0 Å². The Balaban J connectivity index is 3.02. The molecular formula is C17H26O4. The average molecular weight is 294 g/mol. The SMILES string of the molecule is CCOC(=O)Cc1ccc(OCC)cc1OC(C)(C)CC. The highest BCUT2D eigenvalue weighted by Crippen LogP contribution is 2.30. The molecule has 4 heteroatoms. The van der Waals surface area contributed by atoms with Crippen molar-refractivity contribution in [3.05, 3.63) is 23.8 Å². The van der Waals surface area contributed by atoms with E-state index < -0.39 is 0 Å². The number of carbonyl (C=O) groups excluding carboxylic acids is 1. The first-order chi connectivity index (χ1) is 9.91. The molecule has 0 aromatic heterocycles. The first-order valence-electron chi connectivity index (χ1n) is 7.52. The normalized spacial score (nSPS) is 11.1. The average Bonchev–Trinajstić information content (AvgIpc) is 2.42. The van der Waals surface area contributed by atoms with Gasteiger partial charge < -0.3 is 14.2 Å². The van der Waals surface area contributed by atoms with Gasteiger partial charge in [-0.05, 0) is 40.2 Å². The Hall–Kier alpha value is -1.71. The Morgan fingerprint density at radius 2 is 1.86 bits per heavy atom. The van der Waals surface area contributed by atoms with Gasteiger partial charge in [-0.1, -0.05) is 13.0 Å². The van der Waals surface area contributed by atoms with Crippen molar-refractivity contribution in [2.75, 3.05) is 13.2 Å². The molecule has 0 saturated carbocycles. The zero-order chi connectivity index (χ0) is 15.9. The maximum atomic E-state index is 11.7. The van der Waals surface area contributed by atoms with Gasteiger partial charge in [0.05, 0.1) is 19.6 Å². The number of hydrogen-bond acceptors (Lipinski definition) is 4. The van der Waals surface area contributed by atoms with Crippen LogP contribution < -0.4 is 9.47 Å².